The fourth-order valence-corrected chi connectivity index (χ4v) is 3.42. The van der Waals surface area contributed by atoms with Crippen LogP contribution < -0.4 is 9.61 Å². The van der Waals surface area contributed by atoms with E-state index in [1.165, 1.54) is 0 Å². The van der Waals surface area contributed by atoms with Crippen molar-refractivity contribution in [3.63, 3.8) is 0 Å². The Bertz CT molecular complexity index is 613. The van der Waals surface area contributed by atoms with Gasteiger partial charge in [-0.3, -0.25) is 14.2 Å². The molecule has 0 saturated carbocycles. The van der Waals surface area contributed by atoms with Gasteiger partial charge in [-0.15, -0.1) is 0 Å². The Labute approximate surface area is 142 Å². The maximum Gasteiger partial charge on any atom is 0.320 e. The van der Waals surface area contributed by atoms with E-state index in [-0.39, 0.29) is 18.8 Å². The number of aldehydes is 1. The normalized spacial score (nSPS) is 14.1. The minimum Gasteiger partial charge on any atom is -0.462 e. The van der Waals surface area contributed by atoms with E-state index in [1.807, 2.05) is 6.07 Å². The lowest BCUT2D eigenvalue weighted by Gasteiger charge is -2.20. The Hall–Kier alpha value is -1.91. The SMILES string of the molecule is C/C(C=O)=C\CCP(=O)(NCC(=O)OC(C)C)Oc1ccccc1. The van der Waals surface area contributed by atoms with Gasteiger partial charge in [-0.05, 0) is 44.9 Å². The summed E-state index contributed by atoms with van der Waals surface area (Å²) in [6.45, 7) is 4.94. The van der Waals surface area contributed by atoms with E-state index in [4.69, 9.17) is 9.26 Å². The Morgan fingerprint density at radius 1 is 1.29 bits per heavy atom. The van der Waals surface area contributed by atoms with Crippen molar-refractivity contribution < 1.29 is 23.4 Å². The average Bonchev–Trinajstić information content (AvgIpc) is 2.53. The summed E-state index contributed by atoms with van der Waals surface area (Å²) in [6, 6.07) is 8.73. The van der Waals surface area contributed by atoms with Gasteiger partial charge in [-0.25, -0.2) is 5.09 Å². The third-order valence-electron chi connectivity index (χ3n) is 2.90. The van der Waals surface area contributed by atoms with Crippen LogP contribution in [0.3, 0.4) is 0 Å². The molecule has 6 nitrogen and oxygen atoms in total. The number of carbonyl (C=O) groups excluding carboxylic acids is 2. The molecule has 0 bridgehead atoms. The van der Waals surface area contributed by atoms with E-state index in [1.54, 1.807) is 51.1 Å². The Balaban J connectivity index is 2.75. The van der Waals surface area contributed by atoms with Crippen molar-refractivity contribution in [2.75, 3.05) is 12.7 Å². The number of para-hydroxylation sites is 1. The van der Waals surface area contributed by atoms with Gasteiger partial charge in [-0.2, -0.15) is 0 Å². The number of hydrogen-bond donors (Lipinski definition) is 1. The van der Waals surface area contributed by atoms with E-state index >= 15 is 0 Å². The summed E-state index contributed by atoms with van der Waals surface area (Å²) in [7, 11) is -3.32. The average molecular weight is 353 g/mol. The zero-order valence-corrected chi connectivity index (χ0v) is 15.1. The van der Waals surface area contributed by atoms with Gasteiger partial charge in [0.1, 0.15) is 18.6 Å². The molecule has 0 saturated heterocycles. The van der Waals surface area contributed by atoms with Crippen LogP contribution in [0.4, 0.5) is 0 Å². The highest BCUT2D eigenvalue weighted by Crippen LogP contribution is 2.43. The zero-order valence-electron chi connectivity index (χ0n) is 14.2. The van der Waals surface area contributed by atoms with Gasteiger partial charge in [0.2, 0.25) is 0 Å². The maximum atomic E-state index is 13.0. The molecular formula is C17H24NO5P. The Morgan fingerprint density at radius 3 is 2.54 bits per heavy atom. The molecule has 0 aliphatic heterocycles. The number of rotatable bonds is 10. The topological polar surface area (TPSA) is 81.7 Å². The molecule has 132 valence electrons. The van der Waals surface area contributed by atoms with Gasteiger partial charge in [0.25, 0.3) is 0 Å². The van der Waals surface area contributed by atoms with Crippen molar-refractivity contribution in [1.29, 1.82) is 0 Å². The first-order valence-electron chi connectivity index (χ1n) is 7.75. The fraction of sp³-hybridized carbons (Fsp3) is 0.412. The lowest BCUT2D eigenvalue weighted by atomic mass is 10.3. The molecule has 0 aromatic heterocycles. The van der Waals surface area contributed by atoms with Crippen LogP contribution in [0.15, 0.2) is 42.0 Å². The van der Waals surface area contributed by atoms with Crippen LogP contribution in [-0.4, -0.2) is 31.1 Å². The molecule has 1 rings (SSSR count). The number of ether oxygens (including phenoxy) is 1. The second-order valence-electron chi connectivity index (χ2n) is 5.53. The molecule has 1 aromatic rings. The summed E-state index contributed by atoms with van der Waals surface area (Å²) < 4.78 is 23.6. The molecule has 0 aliphatic rings. The number of hydrogen-bond acceptors (Lipinski definition) is 5. The third kappa shape index (κ3) is 8.09. The van der Waals surface area contributed by atoms with Gasteiger partial charge in [-0.1, -0.05) is 24.3 Å². The summed E-state index contributed by atoms with van der Waals surface area (Å²) in [6.07, 6.45) is 2.72. The lowest BCUT2D eigenvalue weighted by molar-refractivity contribution is -0.145. The summed E-state index contributed by atoms with van der Waals surface area (Å²) in [5, 5.41) is 2.68. The van der Waals surface area contributed by atoms with Crippen LogP contribution in [-0.2, 0) is 18.9 Å². The summed E-state index contributed by atoms with van der Waals surface area (Å²) in [5.74, 6) is -0.0526. The minimum absolute atomic E-state index is 0.155. The van der Waals surface area contributed by atoms with Crippen molar-refractivity contribution >= 4 is 19.8 Å². The van der Waals surface area contributed by atoms with Crippen molar-refractivity contribution in [3.05, 3.63) is 42.0 Å². The molecule has 1 unspecified atom stereocenters. The lowest BCUT2D eigenvalue weighted by Crippen LogP contribution is -2.27. The molecule has 0 heterocycles. The molecule has 7 heteroatoms. The van der Waals surface area contributed by atoms with Crippen molar-refractivity contribution in [2.24, 2.45) is 0 Å². The van der Waals surface area contributed by atoms with E-state index in [2.05, 4.69) is 5.09 Å². The molecule has 1 atom stereocenters. The van der Waals surface area contributed by atoms with Crippen LogP contribution >= 0.6 is 7.52 Å². The summed E-state index contributed by atoms with van der Waals surface area (Å²) >= 11 is 0. The smallest absolute Gasteiger partial charge is 0.320 e. The third-order valence-corrected chi connectivity index (χ3v) is 4.90. The molecule has 0 fully saturated rings. The van der Waals surface area contributed by atoms with E-state index in [0.717, 1.165) is 6.29 Å². The van der Waals surface area contributed by atoms with Gasteiger partial charge in [0.15, 0.2) is 0 Å². The first kappa shape index (κ1) is 20.1. The first-order valence-corrected chi connectivity index (χ1v) is 9.56. The first-order chi connectivity index (χ1) is 11.3. The quantitative estimate of drug-likeness (QED) is 0.301. The molecule has 1 N–H and O–H groups in total. The van der Waals surface area contributed by atoms with Gasteiger partial charge < -0.3 is 9.26 Å². The van der Waals surface area contributed by atoms with Crippen molar-refractivity contribution in [2.45, 2.75) is 33.3 Å². The fourth-order valence-electron chi connectivity index (χ4n) is 1.81. The van der Waals surface area contributed by atoms with Crippen LogP contribution in [0.5, 0.6) is 5.75 Å². The Kier molecular flexibility index (Phi) is 8.44. The second kappa shape index (κ2) is 10.1. The van der Waals surface area contributed by atoms with E-state index in [9.17, 15) is 14.2 Å². The summed E-state index contributed by atoms with van der Waals surface area (Å²) in [4.78, 5) is 22.3. The van der Waals surface area contributed by atoms with Crippen LogP contribution in [0.2, 0.25) is 0 Å². The number of carbonyl (C=O) groups is 2. The van der Waals surface area contributed by atoms with E-state index in [0.29, 0.717) is 17.7 Å². The molecule has 24 heavy (non-hydrogen) atoms. The van der Waals surface area contributed by atoms with Gasteiger partial charge >= 0.3 is 13.5 Å². The van der Waals surface area contributed by atoms with Crippen LogP contribution in [0.25, 0.3) is 0 Å². The van der Waals surface area contributed by atoms with Crippen molar-refractivity contribution in [3.8, 4) is 5.75 Å². The van der Waals surface area contributed by atoms with Gasteiger partial charge in [0.05, 0.1) is 12.3 Å². The molecule has 0 radical (unpaired) electrons. The highest BCUT2D eigenvalue weighted by atomic mass is 31.2. The van der Waals surface area contributed by atoms with Crippen molar-refractivity contribution in [1.82, 2.24) is 5.09 Å². The Morgan fingerprint density at radius 2 is 1.96 bits per heavy atom. The predicted molar refractivity (Wildman–Crippen MR) is 93.2 cm³/mol. The molecular weight excluding hydrogens is 329 g/mol. The predicted octanol–water partition coefficient (Wildman–Crippen LogP) is 3.34. The van der Waals surface area contributed by atoms with Gasteiger partial charge in [0, 0.05) is 0 Å². The number of nitrogens with one attached hydrogen (secondary N) is 1. The minimum atomic E-state index is -3.32. The monoisotopic (exact) mass is 353 g/mol. The molecule has 0 spiro atoms. The molecule has 0 aliphatic carbocycles. The second-order valence-corrected chi connectivity index (χ2v) is 7.82. The number of allylic oxidation sites excluding steroid dienone is 2. The number of benzene rings is 1. The summed E-state index contributed by atoms with van der Waals surface area (Å²) in [5.41, 5.74) is 0.556. The maximum absolute atomic E-state index is 13.0. The van der Waals surface area contributed by atoms with E-state index < -0.39 is 13.5 Å². The molecule has 0 amide bonds. The highest BCUT2D eigenvalue weighted by Gasteiger charge is 2.25. The standard InChI is InChI=1S/C17H24NO5P/c1-14(2)22-17(20)12-18-24(21,11-7-8-15(3)13-19)23-16-9-5-4-6-10-16/h4-6,8-10,13-14H,7,11-12H2,1-3H3,(H,18,21)/b15-8+. The number of esters is 1. The van der Waals surface area contributed by atoms with Crippen LogP contribution in [0, 0.1) is 0 Å². The largest absolute Gasteiger partial charge is 0.462 e. The highest BCUT2D eigenvalue weighted by molar-refractivity contribution is 7.57. The zero-order chi connectivity index (χ0) is 18.0. The molecule has 1 aromatic carbocycles. The van der Waals surface area contributed by atoms with Crippen LogP contribution in [0.1, 0.15) is 27.2 Å².